The molecule has 0 aliphatic rings. The van der Waals surface area contributed by atoms with Crippen LogP contribution in [0.4, 0.5) is 0 Å². The molecular formula is C19H25N. The summed E-state index contributed by atoms with van der Waals surface area (Å²) < 4.78 is 0. The van der Waals surface area contributed by atoms with E-state index < -0.39 is 0 Å². The summed E-state index contributed by atoms with van der Waals surface area (Å²) in [5.74, 6) is 0.565. The second-order valence-corrected chi connectivity index (χ2v) is 5.65. The van der Waals surface area contributed by atoms with Crippen molar-refractivity contribution in [3.63, 3.8) is 0 Å². The number of hydrogen-bond donors (Lipinski definition) is 1. The highest BCUT2D eigenvalue weighted by Crippen LogP contribution is 2.13. The average Bonchev–Trinajstić information content (AvgIpc) is 2.52. The molecule has 0 aliphatic carbocycles. The highest BCUT2D eigenvalue weighted by Gasteiger charge is 2.07. The Morgan fingerprint density at radius 2 is 1.45 bits per heavy atom. The molecule has 0 heterocycles. The SMILES string of the molecule is C[C@H](CCc1ccccc1)NC[C@@H](C)c1ccccc1. The Morgan fingerprint density at radius 1 is 0.850 bits per heavy atom. The van der Waals surface area contributed by atoms with Crippen LogP contribution in [0.5, 0.6) is 0 Å². The van der Waals surface area contributed by atoms with Gasteiger partial charge in [0.2, 0.25) is 0 Å². The fourth-order valence-electron chi connectivity index (χ4n) is 2.41. The molecule has 0 bridgehead atoms. The van der Waals surface area contributed by atoms with E-state index in [-0.39, 0.29) is 0 Å². The summed E-state index contributed by atoms with van der Waals surface area (Å²) in [6.07, 6.45) is 2.33. The maximum Gasteiger partial charge on any atom is 0.00421 e. The third-order valence-corrected chi connectivity index (χ3v) is 3.85. The first-order valence-electron chi connectivity index (χ1n) is 7.58. The fourth-order valence-corrected chi connectivity index (χ4v) is 2.41. The van der Waals surface area contributed by atoms with E-state index in [9.17, 15) is 0 Å². The lowest BCUT2D eigenvalue weighted by atomic mass is 10.0. The van der Waals surface area contributed by atoms with Gasteiger partial charge >= 0.3 is 0 Å². The fraction of sp³-hybridized carbons (Fsp3) is 0.368. The van der Waals surface area contributed by atoms with Crippen LogP contribution in [0.2, 0.25) is 0 Å². The Morgan fingerprint density at radius 3 is 2.10 bits per heavy atom. The van der Waals surface area contributed by atoms with E-state index in [4.69, 9.17) is 0 Å². The van der Waals surface area contributed by atoms with Crippen molar-refractivity contribution in [1.82, 2.24) is 5.32 Å². The summed E-state index contributed by atoms with van der Waals surface area (Å²) in [6.45, 7) is 5.60. The maximum absolute atomic E-state index is 3.65. The highest BCUT2D eigenvalue weighted by molar-refractivity contribution is 5.19. The standard InChI is InChI=1S/C19H25N/c1-16(19-11-7-4-8-12-19)15-20-17(2)13-14-18-9-5-3-6-10-18/h3-12,16-17,20H,13-15H2,1-2H3/t16-,17-/m1/s1. The lowest BCUT2D eigenvalue weighted by Gasteiger charge is -2.18. The van der Waals surface area contributed by atoms with Crippen molar-refractivity contribution in [2.24, 2.45) is 0 Å². The van der Waals surface area contributed by atoms with E-state index in [1.807, 2.05) is 0 Å². The first kappa shape index (κ1) is 14.8. The van der Waals surface area contributed by atoms with Crippen molar-refractivity contribution in [2.75, 3.05) is 6.54 Å². The Balaban J connectivity index is 1.71. The van der Waals surface area contributed by atoms with Crippen LogP contribution < -0.4 is 5.32 Å². The normalized spacial score (nSPS) is 13.9. The summed E-state index contributed by atoms with van der Waals surface area (Å²) in [4.78, 5) is 0. The van der Waals surface area contributed by atoms with Gasteiger partial charge in [0.1, 0.15) is 0 Å². The van der Waals surface area contributed by atoms with Crippen molar-refractivity contribution in [2.45, 2.75) is 38.6 Å². The van der Waals surface area contributed by atoms with Crippen molar-refractivity contribution >= 4 is 0 Å². The highest BCUT2D eigenvalue weighted by atomic mass is 14.9. The Hall–Kier alpha value is -1.60. The second kappa shape index (κ2) is 7.86. The minimum atomic E-state index is 0.557. The predicted octanol–water partition coefficient (Wildman–Crippen LogP) is 4.40. The number of nitrogens with one attached hydrogen (secondary N) is 1. The molecule has 0 radical (unpaired) electrons. The van der Waals surface area contributed by atoms with Crippen LogP contribution in [0.1, 0.15) is 37.3 Å². The third-order valence-electron chi connectivity index (χ3n) is 3.85. The molecule has 2 aromatic carbocycles. The molecule has 1 nitrogen and oxygen atoms in total. The Kier molecular flexibility index (Phi) is 5.82. The third kappa shape index (κ3) is 4.82. The van der Waals surface area contributed by atoms with Crippen molar-refractivity contribution < 1.29 is 0 Å². The number of benzene rings is 2. The average molecular weight is 267 g/mol. The summed E-state index contributed by atoms with van der Waals surface area (Å²) in [7, 11) is 0. The van der Waals surface area contributed by atoms with Crippen LogP contribution in [-0.2, 0) is 6.42 Å². The van der Waals surface area contributed by atoms with Gasteiger partial charge in [-0.25, -0.2) is 0 Å². The molecule has 1 N–H and O–H groups in total. The number of hydrogen-bond acceptors (Lipinski definition) is 1. The lowest BCUT2D eigenvalue weighted by Crippen LogP contribution is -2.30. The van der Waals surface area contributed by atoms with Gasteiger partial charge < -0.3 is 5.32 Å². The van der Waals surface area contributed by atoms with Crippen molar-refractivity contribution in [1.29, 1.82) is 0 Å². The molecule has 0 fully saturated rings. The van der Waals surface area contributed by atoms with Crippen LogP contribution in [0, 0.1) is 0 Å². The first-order chi connectivity index (χ1) is 9.75. The molecule has 0 saturated carbocycles. The topological polar surface area (TPSA) is 12.0 Å². The summed E-state index contributed by atoms with van der Waals surface area (Å²) >= 11 is 0. The maximum atomic E-state index is 3.65. The molecule has 2 aromatic rings. The zero-order chi connectivity index (χ0) is 14.2. The van der Waals surface area contributed by atoms with Gasteiger partial charge in [0, 0.05) is 12.6 Å². The van der Waals surface area contributed by atoms with Crippen molar-refractivity contribution in [3.05, 3.63) is 71.8 Å². The van der Waals surface area contributed by atoms with Crippen LogP contribution in [0.15, 0.2) is 60.7 Å². The first-order valence-corrected chi connectivity index (χ1v) is 7.58. The zero-order valence-electron chi connectivity index (χ0n) is 12.5. The molecule has 2 rings (SSSR count). The van der Waals surface area contributed by atoms with Gasteiger partial charge in [0.05, 0.1) is 0 Å². The Bertz CT molecular complexity index is 478. The molecule has 0 spiro atoms. The van der Waals surface area contributed by atoms with Crippen LogP contribution in [-0.4, -0.2) is 12.6 Å². The molecule has 0 aromatic heterocycles. The minimum absolute atomic E-state index is 0.557. The molecule has 106 valence electrons. The quantitative estimate of drug-likeness (QED) is 0.784. The summed E-state index contributed by atoms with van der Waals surface area (Å²) in [5, 5.41) is 3.65. The molecule has 0 saturated heterocycles. The van der Waals surface area contributed by atoms with Crippen LogP contribution in [0.25, 0.3) is 0 Å². The van der Waals surface area contributed by atoms with Crippen LogP contribution in [0.3, 0.4) is 0 Å². The molecule has 0 unspecified atom stereocenters. The molecule has 2 atom stereocenters. The van der Waals surface area contributed by atoms with E-state index in [1.165, 1.54) is 17.5 Å². The summed E-state index contributed by atoms with van der Waals surface area (Å²) in [6, 6.07) is 22.0. The molecule has 20 heavy (non-hydrogen) atoms. The van der Waals surface area contributed by atoms with Gasteiger partial charge in [-0.1, -0.05) is 67.6 Å². The molecule has 0 aliphatic heterocycles. The van der Waals surface area contributed by atoms with E-state index in [1.54, 1.807) is 0 Å². The zero-order valence-corrected chi connectivity index (χ0v) is 12.5. The van der Waals surface area contributed by atoms with Gasteiger partial charge in [0.15, 0.2) is 0 Å². The Labute approximate surface area is 123 Å². The second-order valence-electron chi connectivity index (χ2n) is 5.65. The largest absolute Gasteiger partial charge is 0.314 e. The smallest absolute Gasteiger partial charge is 0.00421 e. The summed E-state index contributed by atoms with van der Waals surface area (Å²) in [5.41, 5.74) is 2.84. The van der Waals surface area contributed by atoms with E-state index >= 15 is 0 Å². The molecule has 1 heteroatoms. The lowest BCUT2D eigenvalue weighted by molar-refractivity contribution is 0.492. The van der Waals surface area contributed by atoms with E-state index in [0.717, 1.165) is 13.0 Å². The van der Waals surface area contributed by atoms with Crippen LogP contribution >= 0.6 is 0 Å². The predicted molar refractivity (Wildman–Crippen MR) is 87.1 cm³/mol. The van der Waals surface area contributed by atoms with E-state index in [2.05, 4.69) is 79.8 Å². The number of aryl methyl sites for hydroxylation is 1. The van der Waals surface area contributed by atoms with Gasteiger partial charge in [0.25, 0.3) is 0 Å². The monoisotopic (exact) mass is 267 g/mol. The van der Waals surface area contributed by atoms with Gasteiger partial charge in [-0.15, -0.1) is 0 Å². The minimum Gasteiger partial charge on any atom is -0.314 e. The molecule has 0 amide bonds. The van der Waals surface area contributed by atoms with Gasteiger partial charge in [-0.05, 0) is 36.8 Å². The number of rotatable bonds is 7. The van der Waals surface area contributed by atoms with E-state index in [0.29, 0.717) is 12.0 Å². The van der Waals surface area contributed by atoms with Gasteiger partial charge in [-0.3, -0.25) is 0 Å². The molecular weight excluding hydrogens is 242 g/mol. The van der Waals surface area contributed by atoms with Crippen molar-refractivity contribution in [3.8, 4) is 0 Å². The van der Waals surface area contributed by atoms with Gasteiger partial charge in [-0.2, -0.15) is 0 Å².